The Morgan fingerprint density at radius 3 is 2.61 bits per heavy atom. The fourth-order valence-electron chi connectivity index (χ4n) is 3.68. The van der Waals surface area contributed by atoms with Gasteiger partial charge in [0.15, 0.2) is 0 Å². The van der Waals surface area contributed by atoms with Crippen LogP contribution in [0, 0.1) is 0 Å². The van der Waals surface area contributed by atoms with E-state index in [4.69, 9.17) is 0 Å². The Morgan fingerprint density at radius 1 is 1.11 bits per heavy atom. The van der Waals surface area contributed by atoms with Crippen LogP contribution in [-0.4, -0.2) is 38.0 Å². The van der Waals surface area contributed by atoms with Gasteiger partial charge in [-0.1, -0.05) is 25.1 Å². The lowest BCUT2D eigenvalue weighted by Crippen LogP contribution is -2.30. The topological polar surface area (TPSA) is 52.7 Å². The Balaban J connectivity index is 1.51. The van der Waals surface area contributed by atoms with Gasteiger partial charge in [0.05, 0.1) is 0 Å². The third-order valence-corrected chi connectivity index (χ3v) is 5.23. The second-order valence-electron chi connectivity index (χ2n) is 7.02. The van der Waals surface area contributed by atoms with Crippen LogP contribution in [0.2, 0.25) is 0 Å². The number of anilines is 2. The Morgan fingerprint density at radius 2 is 1.89 bits per heavy atom. The number of rotatable bonds is 8. The van der Waals surface area contributed by atoms with Gasteiger partial charge in [-0.05, 0) is 55.7 Å². The molecular formula is C23H29N3O2. The first-order chi connectivity index (χ1) is 13.6. The van der Waals surface area contributed by atoms with Gasteiger partial charge >= 0.3 is 0 Å². The van der Waals surface area contributed by atoms with Crippen molar-refractivity contribution in [3.8, 4) is 0 Å². The van der Waals surface area contributed by atoms with E-state index in [0.29, 0.717) is 25.1 Å². The summed E-state index contributed by atoms with van der Waals surface area (Å²) >= 11 is 0. The lowest BCUT2D eigenvalue weighted by atomic mass is 10.1. The van der Waals surface area contributed by atoms with Gasteiger partial charge in [-0.25, -0.2) is 0 Å². The molecule has 2 aromatic carbocycles. The minimum absolute atomic E-state index is 0.0502. The SMILES string of the molecule is CCC(=O)N1CCc2cc(C(=O)NCCCN(CC)c3ccccc3)ccc21. The lowest BCUT2D eigenvalue weighted by molar-refractivity contribution is -0.118. The van der Waals surface area contributed by atoms with E-state index in [1.807, 2.05) is 48.2 Å². The molecule has 0 saturated carbocycles. The highest BCUT2D eigenvalue weighted by Crippen LogP contribution is 2.29. The molecule has 0 unspecified atom stereocenters. The number of hydrogen-bond acceptors (Lipinski definition) is 3. The monoisotopic (exact) mass is 379 g/mol. The number of amides is 2. The minimum atomic E-state index is -0.0502. The van der Waals surface area contributed by atoms with E-state index in [0.717, 1.165) is 37.2 Å². The molecule has 1 N–H and O–H groups in total. The molecule has 2 amide bonds. The molecule has 0 aliphatic carbocycles. The van der Waals surface area contributed by atoms with E-state index in [1.165, 1.54) is 5.69 Å². The molecule has 1 aliphatic rings. The van der Waals surface area contributed by atoms with Crippen molar-refractivity contribution >= 4 is 23.2 Å². The molecule has 0 fully saturated rings. The number of para-hydroxylation sites is 1. The first-order valence-corrected chi connectivity index (χ1v) is 10.2. The summed E-state index contributed by atoms with van der Waals surface area (Å²) in [5.41, 5.74) is 3.90. The molecule has 0 atom stereocenters. The highest BCUT2D eigenvalue weighted by molar-refractivity contribution is 5.98. The van der Waals surface area contributed by atoms with Crippen LogP contribution in [0.3, 0.4) is 0 Å². The largest absolute Gasteiger partial charge is 0.372 e. The zero-order valence-electron chi connectivity index (χ0n) is 16.8. The van der Waals surface area contributed by atoms with Crippen LogP contribution in [0.1, 0.15) is 42.6 Å². The molecule has 5 heteroatoms. The summed E-state index contributed by atoms with van der Waals surface area (Å²) in [6, 6.07) is 16.0. The fraction of sp³-hybridized carbons (Fsp3) is 0.391. The number of carbonyl (C=O) groups is 2. The van der Waals surface area contributed by atoms with Crippen LogP contribution in [0.15, 0.2) is 48.5 Å². The minimum Gasteiger partial charge on any atom is -0.372 e. The van der Waals surface area contributed by atoms with Crippen molar-refractivity contribution in [2.45, 2.75) is 33.1 Å². The van der Waals surface area contributed by atoms with Crippen LogP contribution in [0.5, 0.6) is 0 Å². The molecule has 0 spiro atoms. The number of fused-ring (bicyclic) bond motifs is 1. The number of carbonyl (C=O) groups excluding carboxylic acids is 2. The maximum atomic E-state index is 12.5. The van der Waals surface area contributed by atoms with Gasteiger partial charge in [0, 0.05) is 49.5 Å². The average Bonchev–Trinajstić information content (AvgIpc) is 3.17. The third-order valence-electron chi connectivity index (χ3n) is 5.23. The molecule has 5 nitrogen and oxygen atoms in total. The van der Waals surface area contributed by atoms with Crippen LogP contribution < -0.4 is 15.1 Å². The summed E-state index contributed by atoms with van der Waals surface area (Å²) in [4.78, 5) is 28.6. The van der Waals surface area contributed by atoms with Gasteiger partial charge in [0.1, 0.15) is 0 Å². The average molecular weight is 380 g/mol. The summed E-state index contributed by atoms with van der Waals surface area (Å²) in [5, 5.41) is 3.02. The van der Waals surface area contributed by atoms with Crippen molar-refractivity contribution in [2.24, 2.45) is 0 Å². The smallest absolute Gasteiger partial charge is 0.251 e. The van der Waals surface area contributed by atoms with Crippen molar-refractivity contribution in [2.75, 3.05) is 36.0 Å². The Labute approximate surface area is 167 Å². The van der Waals surface area contributed by atoms with E-state index >= 15 is 0 Å². The quantitative estimate of drug-likeness (QED) is 0.713. The van der Waals surface area contributed by atoms with Crippen molar-refractivity contribution < 1.29 is 9.59 Å². The summed E-state index contributed by atoms with van der Waals surface area (Å²) in [7, 11) is 0. The Bertz CT molecular complexity index is 820. The highest BCUT2D eigenvalue weighted by Gasteiger charge is 2.24. The van der Waals surface area contributed by atoms with E-state index in [2.05, 4.69) is 29.3 Å². The molecular weight excluding hydrogens is 350 g/mol. The number of hydrogen-bond donors (Lipinski definition) is 1. The van der Waals surface area contributed by atoms with Crippen LogP contribution in [0.4, 0.5) is 11.4 Å². The number of benzene rings is 2. The maximum absolute atomic E-state index is 12.5. The Hall–Kier alpha value is -2.82. The van der Waals surface area contributed by atoms with Crippen LogP contribution >= 0.6 is 0 Å². The van der Waals surface area contributed by atoms with E-state index in [-0.39, 0.29) is 11.8 Å². The second-order valence-corrected chi connectivity index (χ2v) is 7.02. The zero-order valence-corrected chi connectivity index (χ0v) is 16.8. The number of nitrogens with zero attached hydrogens (tertiary/aromatic N) is 2. The predicted molar refractivity (Wildman–Crippen MR) is 114 cm³/mol. The Kier molecular flexibility index (Phi) is 6.69. The molecule has 2 aromatic rings. The van der Waals surface area contributed by atoms with Gasteiger partial charge in [0.2, 0.25) is 5.91 Å². The standard InChI is InChI=1S/C23H29N3O2/c1-3-22(27)26-16-13-18-17-19(11-12-21(18)26)23(28)24-14-8-15-25(4-2)20-9-6-5-7-10-20/h5-7,9-12,17H,3-4,8,13-16H2,1-2H3,(H,24,28). The lowest BCUT2D eigenvalue weighted by Gasteiger charge is -2.23. The van der Waals surface area contributed by atoms with Gasteiger partial charge < -0.3 is 15.1 Å². The molecule has 148 valence electrons. The molecule has 28 heavy (non-hydrogen) atoms. The summed E-state index contributed by atoms with van der Waals surface area (Å²) in [6.45, 7) is 7.20. The van der Waals surface area contributed by atoms with E-state index in [9.17, 15) is 9.59 Å². The third kappa shape index (κ3) is 4.53. The molecule has 0 bridgehead atoms. The fourth-order valence-corrected chi connectivity index (χ4v) is 3.68. The van der Waals surface area contributed by atoms with Crippen molar-refractivity contribution in [3.63, 3.8) is 0 Å². The predicted octanol–water partition coefficient (Wildman–Crippen LogP) is 3.63. The van der Waals surface area contributed by atoms with Gasteiger partial charge in [-0.15, -0.1) is 0 Å². The van der Waals surface area contributed by atoms with Crippen LogP contribution in [-0.2, 0) is 11.2 Å². The summed E-state index contributed by atoms with van der Waals surface area (Å²) in [5.74, 6) is 0.0840. The zero-order chi connectivity index (χ0) is 19.9. The second kappa shape index (κ2) is 9.40. The van der Waals surface area contributed by atoms with Gasteiger partial charge in [-0.3, -0.25) is 9.59 Å². The summed E-state index contributed by atoms with van der Waals surface area (Å²) in [6.07, 6.45) is 2.20. The molecule has 3 rings (SSSR count). The van der Waals surface area contributed by atoms with Crippen molar-refractivity contribution in [3.05, 3.63) is 59.7 Å². The first kappa shape index (κ1) is 19.9. The summed E-state index contributed by atoms with van der Waals surface area (Å²) < 4.78 is 0. The molecule has 1 aliphatic heterocycles. The molecule has 0 aromatic heterocycles. The van der Waals surface area contributed by atoms with Crippen molar-refractivity contribution in [1.82, 2.24) is 5.32 Å². The number of nitrogens with one attached hydrogen (secondary N) is 1. The van der Waals surface area contributed by atoms with Gasteiger partial charge in [0.25, 0.3) is 5.91 Å². The van der Waals surface area contributed by atoms with E-state index < -0.39 is 0 Å². The highest BCUT2D eigenvalue weighted by atomic mass is 16.2. The van der Waals surface area contributed by atoms with Crippen LogP contribution in [0.25, 0.3) is 0 Å². The molecule has 1 heterocycles. The van der Waals surface area contributed by atoms with Crippen molar-refractivity contribution in [1.29, 1.82) is 0 Å². The molecule has 0 saturated heterocycles. The maximum Gasteiger partial charge on any atom is 0.251 e. The van der Waals surface area contributed by atoms with Gasteiger partial charge in [-0.2, -0.15) is 0 Å². The normalized spacial score (nSPS) is 12.6. The molecule has 0 radical (unpaired) electrons. The van der Waals surface area contributed by atoms with E-state index in [1.54, 1.807) is 0 Å². The first-order valence-electron chi connectivity index (χ1n) is 10.2.